The van der Waals surface area contributed by atoms with E-state index in [1.165, 1.54) is 0 Å². The summed E-state index contributed by atoms with van der Waals surface area (Å²) in [5.74, 6) is -2.16. The fraction of sp³-hybridized carbons (Fsp3) is 0.808. The van der Waals surface area contributed by atoms with Crippen molar-refractivity contribution in [1.82, 2.24) is 20.9 Å². The molecule has 0 bridgehead atoms. The molecule has 0 spiro atoms. The molecule has 0 aromatic heterocycles. The van der Waals surface area contributed by atoms with Gasteiger partial charge in [-0.3, -0.25) is 19.2 Å². The monoisotopic (exact) mass is 505 g/mol. The number of Topliss-reactive ketones (excluding diaryl/α,β-unsaturated/α-hetero) is 1. The maximum Gasteiger partial charge on any atom is 0.315 e. The molecule has 2 saturated carbocycles. The molecule has 10 heteroatoms. The Balaban J connectivity index is 1.80. The van der Waals surface area contributed by atoms with Gasteiger partial charge >= 0.3 is 6.03 Å². The molecule has 1 heterocycles. The number of ketones is 1. The average Bonchev–Trinajstić information content (AvgIpc) is 2.94. The first-order valence-electron chi connectivity index (χ1n) is 13.1. The molecular weight excluding hydrogens is 462 g/mol. The smallest absolute Gasteiger partial charge is 0.315 e. The molecule has 5 N–H and O–H groups in total. The lowest BCUT2D eigenvalue weighted by Crippen LogP contribution is -2.61. The third kappa shape index (κ3) is 6.37. The van der Waals surface area contributed by atoms with Crippen molar-refractivity contribution in [2.24, 2.45) is 28.9 Å². The molecule has 2 unspecified atom stereocenters. The number of rotatable bonds is 8. The van der Waals surface area contributed by atoms with Gasteiger partial charge in [-0.2, -0.15) is 0 Å². The Bertz CT molecular complexity index is 901. The van der Waals surface area contributed by atoms with Gasteiger partial charge in [-0.05, 0) is 63.2 Å². The van der Waals surface area contributed by atoms with Crippen LogP contribution in [-0.2, 0) is 19.2 Å². The Labute approximate surface area is 213 Å². The lowest BCUT2D eigenvalue weighted by molar-refractivity contribution is -0.144. The third-order valence-electron chi connectivity index (χ3n) is 7.75. The standard InChI is InChI=1S/C26H43N5O5/c1-25(2,3)20(29-24(36)30-26(4,5)6)23(35)31-13-15-10-11-16(15)18(31)22(34)28-17(19(32)21(27)33)12-14-8-7-9-14/h14-18,20H,7-13H2,1-6H3,(H2,27,33)(H,28,34)(H2,29,30,36)/t15?,16-,17?,18-,20+/m0/s1. The molecule has 1 saturated heterocycles. The van der Waals surface area contributed by atoms with Gasteiger partial charge in [0, 0.05) is 12.1 Å². The molecule has 2 aliphatic carbocycles. The summed E-state index contributed by atoms with van der Waals surface area (Å²) in [6, 6.07) is -3.04. The van der Waals surface area contributed by atoms with E-state index in [4.69, 9.17) is 5.73 Å². The third-order valence-corrected chi connectivity index (χ3v) is 7.75. The fourth-order valence-corrected chi connectivity index (χ4v) is 5.44. The number of amides is 5. The largest absolute Gasteiger partial charge is 0.363 e. The van der Waals surface area contributed by atoms with E-state index in [1.54, 1.807) is 4.90 Å². The minimum absolute atomic E-state index is 0.00833. The van der Waals surface area contributed by atoms with E-state index < -0.39 is 52.7 Å². The van der Waals surface area contributed by atoms with Gasteiger partial charge in [-0.15, -0.1) is 0 Å². The first-order valence-corrected chi connectivity index (χ1v) is 13.1. The Hall–Kier alpha value is -2.65. The van der Waals surface area contributed by atoms with E-state index in [2.05, 4.69) is 16.0 Å². The van der Waals surface area contributed by atoms with Gasteiger partial charge in [0.25, 0.3) is 5.91 Å². The number of primary amides is 1. The van der Waals surface area contributed by atoms with Gasteiger partial charge in [0.1, 0.15) is 12.1 Å². The SMILES string of the molecule is CC(C)(C)NC(=O)N[C@H](C(=O)N1CC2CC[C@@H]2[C@H]1C(=O)NC(CC1CCC1)C(=O)C(N)=O)C(C)(C)C. The summed E-state index contributed by atoms with van der Waals surface area (Å²) in [6.45, 7) is 11.6. The summed E-state index contributed by atoms with van der Waals surface area (Å²) in [5, 5.41) is 8.43. The first kappa shape index (κ1) is 27.9. The molecule has 10 nitrogen and oxygen atoms in total. The van der Waals surface area contributed by atoms with Crippen molar-refractivity contribution in [3.05, 3.63) is 0 Å². The Morgan fingerprint density at radius 2 is 1.58 bits per heavy atom. The van der Waals surface area contributed by atoms with E-state index >= 15 is 0 Å². The normalized spacial score (nSPS) is 25.5. The molecule has 0 aromatic carbocycles. The summed E-state index contributed by atoms with van der Waals surface area (Å²) in [6.07, 6.45) is 5.07. The molecule has 0 aromatic rings. The van der Waals surface area contributed by atoms with Crippen LogP contribution in [0.1, 0.15) is 80.1 Å². The molecule has 3 rings (SSSR count). The Morgan fingerprint density at radius 1 is 0.944 bits per heavy atom. The van der Waals surface area contributed by atoms with Crippen LogP contribution in [0.25, 0.3) is 0 Å². The lowest BCUT2D eigenvalue weighted by Gasteiger charge is -2.37. The zero-order chi connectivity index (χ0) is 27.0. The van der Waals surface area contributed by atoms with Gasteiger partial charge in [0.15, 0.2) is 0 Å². The minimum atomic E-state index is -1.07. The number of nitrogens with two attached hydrogens (primary N) is 1. The highest BCUT2D eigenvalue weighted by Gasteiger charge is 2.54. The Kier molecular flexibility index (Phi) is 8.05. The number of carbonyl (C=O) groups is 5. The zero-order valence-corrected chi connectivity index (χ0v) is 22.5. The van der Waals surface area contributed by atoms with Crippen LogP contribution in [0.2, 0.25) is 0 Å². The second-order valence-electron chi connectivity index (χ2n) is 12.9. The highest BCUT2D eigenvalue weighted by Crippen LogP contribution is 2.45. The number of fused-ring (bicyclic) bond motifs is 1. The second kappa shape index (κ2) is 10.4. The molecular formula is C26H43N5O5. The number of nitrogens with zero attached hydrogens (tertiary/aromatic N) is 1. The second-order valence-corrected chi connectivity index (χ2v) is 12.9. The van der Waals surface area contributed by atoms with Crippen LogP contribution >= 0.6 is 0 Å². The van der Waals surface area contributed by atoms with E-state index in [-0.39, 0.29) is 23.7 Å². The highest BCUT2D eigenvalue weighted by atomic mass is 16.2. The molecule has 5 atom stereocenters. The van der Waals surface area contributed by atoms with Crippen LogP contribution in [0.5, 0.6) is 0 Å². The first-order chi connectivity index (χ1) is 16.6. The maximum absolute atomic E-state index is 13.9. The summed E-state index contributed by atoms with van der Waals surface area (Å²) in [4.78, 5) is 65.8. The molecule has 3 fully saturated rings. The number of hydrogen-bond donors (Lipinski definition) is 4. The van der Waals surface area contributed by atoms with Crippen LogP contribution in [0.3, 0.4) is 0 Å². The van der Waals surface area contributed by atoms with Crippen LogP contribution in [0, 0.1) is 23.2 Å². The average molecular weight is 506 g/mol. The number of carbonyl (C=O) groups excluding carboxylic acids is 5. The maximum atomic E-state index is 13.9. The van der Waals surface area contributed by atoms with Crippen molar-refractivity contribution in [3.63, 3.8) is 0 Å². The van der Waals surface area contributed by atoms with Crippen molar-refractivity contribution < 1.29 is 24.0 Å². The summed E-state index contributed by atoms with van der Waals surface area (Å²) in [5.41, 5.74) is 4.18. The zero-order valence-electron chi connectivity index (χ0n) is 22.5. The topological polar surface area (TPSA) is 151 Å². The van der Waals surface area contributed by atoms with E-state index in [1.807, 2.05) is 41.5 Å². The molecule has 5 amide bonds. The van der Waals surface area contributed by atoms with Crippen molar-refractivity contribution in [1.29, 1.82) is 0 Å². The van der Waals surface area contributed by atoms with Crippen molar-refractivity contribution in [2.45, 2.75) is 104 Å². The van der Waals surface area contributed by atoms with Crippen LogP contribution < -0.4 is 21.7 Å². The van der Waals surface area contributed by atoms with Crippen molar-refractivity contribution >= 4 is 29.5 Å². The van der Waals surface area contributed by atoms with E-state index in [0.717, 1.165) is 32.1 Å². The van der Waals surface area contributed by atoms with Crippen LogP contribution in [0.15, 0.2) is 0 Å². The van der Waals surface area contributed by atoms with Gasteiger partial charge in [-0.1, -0.05) is 40.0 Å². The van der Waals surface area contributed by atoms with Gasteiger partial charge in [0.05, 0.1) is 6.04 Å². The van der Waals surface area contributed by atoms with Crippen molar-refractivity contribution in [2.75, 3.05) is 6.54 Å². The predicted octanol–water partition coefficient (Wildman–Crippen LogP) is 1.47. The van der Waals surface area contributed by atoms with Crippen LogP contribution in [0.4, 0.5) is 4.79 Å². The number of hydrogen-bond acceptors (Lipinski definition) is 5. The fourth-order valence-electron chi connectivity index (χ4n) is 5.44. The summed E-state index contributed by atoms with van der Waals surface area (Å²) >= 11 is 0. The van der Waals surface area contributed by atoms with Gasteiger partial charge in [-0.25, -0.2) is 4.79 Å². The minimum Gasteiger partial charge on any atom is -0.363 e. The highest BCUT2D eigenvalue weighted by molar-refractivity contribution is 6.37. The van der Waals surface area contributed by atoms with E-state index in [9.17, 15) is 24.0 Å². The predicted molar refractivity (Wildman–Crippen MR) is 134 cm³/mol. The van der Waals surface area contributed by atoms with E-state index in [0.29, 0.717) is 13.0 Å². The molecule has 1 aliphatic heterocycles. The Morgan fingerprint density at radius 3 is 2.03 bits per heavy atom. The lowest BCUT2D eigenvalue weighted by atomic mass is 9.72. The van der Waals surface area contributed by atoms with Gasteiger partial charge in [0.2, 0.25) is 17.6 Å². The number of urea groups is 1. The quantitative estimate of drug-likeness (QED) is 0.368. The molecule has 202 valence electrons. The molecule has 36 heavy (non-hydrogen) atoms. The number of likely N-dealkylation sites (tertiary alicyclic amines) is 1. The van der Waals surface area contributed by atoms with Crippen molar-refractivity contribution in [3.8, 4) is 0 Å². The van der Waals surface area contributed by atoms with Crippen LogP contribution in [-0.4, -0.2) is 64.6 Å². The molecule has 3 aliphatic rings. The van der Waals surface area contributed by atoms with Gasteiger partial charge < -0.3 is 26.6 Å². The summed E-state index contributed by atoms with van der Waals surface area (Å²) < 4.78 is 0. The molecule has 0 radical (unpaired) electrons. The number of nitrogens with one attached hydrogen (secondary N) is 3. The summed E-state index contributed by atoms with van der Waals surface area (Å²) in [7, 11) is 0.